The molecule has 0 radical (unpaired) electrons. The molecule has 3 heterocycles. The lowest BCUT2D eigenvalue weighted by Gasteiger charge is -2.44. The van der Waals surface area contributed by atoms with Crippen LogP contribution in [0.4, 0.5) is 0 Å². The largest absolute Gasteiger partial charge is 0.374 e. The van der Waals surface area contributed by atoms with E-state index in [1.54, 1.807) is 0 Å². The quantitative estimate of drug-likeness (QED) is 0.877. The van der Waals surface area contributed by atoms with E-state index in [2.05, 4.69) is 27.2 Å². The summed E-state index contributed by atoms with van der Waals surface area (Å²) in [6.45, 7) is 4.72. The Hall–Kier alpha value is -1.47. The highest BCUT2D eigenvalue weighted by molar-refractivity contribution is 5.78. The van der Waals surface area contributed by atoms with E-state index in [4.69, 9.17) is 4.74 Å². The standard InChI is InChI=1S/C18H29N5O2/c1-2-16-20-17-8-7-13(12-23(17)21-16)19-11-18(24)22-9-10-25-15-6-4-3-5-14(15)22/h13-15,19H,2-12H2,1H3/t13-,14-,15-/m1/s1. The van der Waals surface area contributed by atoms with Gasteiger partial charge in [0.15, 0.2) is 5.82 Å². The minimum Gasteiger partial charge on any atom is -0.374 e. The van der Waals surface area contributed by atoms with E-state index in [1.807, 2.05) is 4.68 Å². The number of ether oxygens (including phenoxy) is 1. The van der Waals surface area contributed by atoms with Crippen LogP contribution in [-0.4, -0.2) is 63.5 Å². The van der Waals surface area contributed by atoms with Crippen molar-refractivity contribution in [2.75, 3.05) is 19.7 Å². The summed E-state index contributed by atoms with van der Waals surface area (Å²) in [5, 5.41) is 8.01. The van der Waals surface area contributed by atoms with E-state index >= 15 is 0 Å². The van der Waals surface area contributed by atoms with Gasteiger partial charge in [-0.15, -0.1) is 0 Å². The molecular formula is C18H29N5O2. The van der Waals surface area contributed by atoms with E-state index < -0.39 is 0 Å². The summed E-state index contributed by atoms with van der Waals surface area (Å²) >= 11 is 0. The molecule has 1 saturated carbocycles. The summed E-state index contributed by atoms with van der Waals surface area (Å²) in [4.78, 5) is 19.4. The zero-order valence-corrected chi connectivity index (χ0v) is 15.1. The number of fused-ring (bicyclic) bond motifs is 2. The zero-order chi connectivity index (χ0) is 17.2. The molecule has 7 nitrogen and oxygen atoms in total. The fraction of sp³-hybridized carbons (Fsp3) is 0.833. The topological polar surface area (TPSA) is 72.3 Å². The Labute approximate surface area is 149 Å². The minimum atomic E-state index is 0.221. The average Bonchev–Trinajstić information content (AvgIpc) is 3.08. The summed E-state index contributed by atoms with van der Waals surface area (Å²) in [7, 11) is 0. The van der Waals surface area contributed by atoms with E-state index in [9.17, 15) is 4.79 Å². The van der Waals surface area contributed by atoms with Crippen molar-refractivity contribution in [3.63, 3.8) is 0 Å². The van der Waals surface area contributed by atoms with E-state index in [-0.39, 0.29) is 18.1 Å². The van der Waals surface area contributed by atoms with Gasteiger partial charge in [-0.1, -0.05) is 19.8 Å². The molecule has 0 bridgehead atoms. The van der Waals surface area contributed by atoms with Gasteiger partial charge in [-0.3, -0.25) is 4.79 Å². The van der Waals surface area contributed by atoms with Crippen molar-refractivity contribution in [3.8, 4) is 0 Å². The van der Waals surface area contributed by atoms with Crippen LogP contribution in [0.1, 0.15) is 50.7 Å². The second-order valence-electron chi connectivity index (χ2n) is 7.44. The van der Waals surface area contributed by atoms with Gasteiger partial charge < -0.3 is 15.0 Å². The van der Waals surface area contributed by atoms with Crippen molar-refractivity contribution in [1.82, 2.24) is 25.0 Å². The van der Waals surface area contributed by atoms with Crippen molar-refractivity contribution in [2.24, 2.45) is 0 Å². The number of carbonyl (C=O) groups excluding carboxylic acids is 1. The van der Waals surface area contributed by atoms with Crippen LogP contribution in [0.3, 0.4) is 0 Å². The number of morpholine rings is 1. The summed E-state index contributed by atoms with van der Waals surface area (Å²) in [6.07, 6.45) is 7.69. The smallest absolute Gasteiger partial charge is 0.236 e. The minimum absolute atomic E-state index is 0.221. The zero-order valence-electron chi connectivity index (χ0n) is 15.1. The molecular weight excluding hydrogens is 318 g/mol. The number of hydrogen-bond donors (Lipinski definition) is 1. The molecule has 7 heteroatoms. The normalized spacial score (nSPS) is 29.2. The molecule has 3 aliphatic rings. The van der Waals surface area contributed by atoms with Crippen molar-refractivity contribution >= 4 is 5.91 Å². The molecule has 1 amide bonds. The lowest BCUT2D eigenvalue weighted by Crippen LogP contribution is -2.57. The fourth-order valence-electron chi connectivity index (χ4n) is 4.42. The number of aryl methyl sites for hydroxylation is 2. The number of aromatic nitrogens is 3. The van der Waals surface area contributed by atoms with Crippen LogP contribution in [-0.2, 0) is 28.9 Å². The van der Waals surface area contributed by atoms with Gasteiger partial charge in [0.1, 0.15) is 5.82 Å². The lowest BCUT2D eigenvalue weighted by molar-refractivity contribution is -0.148. The Kier molecular flexibility index (Phi) is 5.03. The molecule has 0 unspecified atom stereocenters. The van der Waals surface area contributed by atoms with E-state index in [0.29, 0.717) is 19.2 Å². The molecule has 2 fully saturated rings. The summed E-state index contributed by atoms with van der Waals surface area (Å²) in [5.74, 6) is 2.22. The van der Waals surface area contributed by atoms with Crippen LogP contribution in [0.2, 0.25) is 0 Å². The number of nitrogens with one attached hydrogen (secondary N) is 1. The molecule has 25 heavy (non-hydrogen) atoms. The molecule has 1 aromatic heterocycles. The van der Waals surface area contributed by atoms with Gasteiger partial charge in [0, 0.05) is 25.4 Å². The van der Waals surface area contributed by atoms with Crippen molar-refractivity contribution < 1.29 is 9.53 Å². The molecule has 1 aromatic rings. The number of carbonyl (C=O) groups is 1. The molecule has 3 atom stereocenters. The Morgan fingerprint density at radius 2 is 2.20 bits per heavy atom. The highest BCUT2D eigenvalue weighted by Gasteiger charge is 2.36. The van der Waals surface area contributed by atoms with Crippen LogP contribution in [0.25, 0.3) is 0 Å². The van der Waals surface area contributed by atoms with E-state index in [1.165, 1.54) is 12.8 Å². The fourth-order valence-corrected chi connectivity index (χ4v) is 4.42. The van der Waals surface area contributed by atoms with Crippen LogP contribution < -0.4 is 5.32 Å². The third kappa shape index (κ3) is 3.58. The van der Waals surface area contributed by atoms with Gasteiger partial charge >= 0.3 is 0 Å². The number of amides is 1. The molecule has 1 N–H and O–H groups in total. The molecule has 0 aromatic carbocycles. The second-order valence-corrected chi connectivity index (χ2v) is 7.44. The number of nitrogens with zero attached hydrogens (tertiary/aromatic N) is 4. The summed E-state index contributed by atoms with van der Waals surface area (Å²) < 4.78 is 7.89. The van der Waals surface area contributed by atoms with Gasteiger partial charge in [-0.25, -0.2) is 9.67 Å². The second kappa shape index (κ2) is 7.41. The Morgan fingerprint density at radius 1 is 1.32 bits per heavy atom. The lowest BCUT2D eigenvalue weighted by atomic mass is 9.90. The predicted molar refractivity (Wildman–Crippen MR) is 93.2 cm³/mol. The Balaban J connectivity index is 1.31. The van der Waals surface area contributed by atoms with Crippen molar-refractivity contribution in [1.29, 1.82) is 0 Å². The van der Waals surface area contributed by atoms with Crippen molar-refractivity contribution in [3.05, 3.63) is 11.6 Å². The van der Waals surface area contributed by atoms with E-state index in [0.717, 1.165) is 56.8 Å². The van der Waals surface area contributed by atoms with Crippen molar-refractivity contribution in [2.45, 2.75) is 76.6 Å². The monoisotopic (exact) mass is 347 g/mol. The molecule has 138 valence electrons. The molecule has 4 rings (SSSR count). The number of hydrogen-bond acceptors (Lipinski definition) is 5. The highest BCUT2D eigenvalue weighted by atomic mass is 16.5. The summed E-state index contributed by atoms with van der Waals surface area (Å²) in [6, 6.07) is 0.586. The van der Waals surface area contributed by atoms with Crippen LogP contribution in [0, 0.1) is 0 Å². The Bertz CT molecular complexity index is 615. The molecule has 1 aliphatic carbocycles. The highest BCUT2D eigenvalue weighted by Crippen LogP contribution is 2.28. The maximum Gasteiger partial charge on any atom is 0.236 e. The molecule has 1 saturated heterocycles. The van der Waals surface area contributed by atoms with Gasteiger partial charge in [0.25, 0.3) is 0 Å². The van der Waals surface area contributed by atoms with Gasteiger partial charge in [-0.05, 0) is 19.3 Å². The maximum absolute atomic E-state index is 12.8. The first-order valence-electron chi connectivity index (χ1n) is 9.81. The maximum atomic E-state index is 12.8. The first-order chi connectivity index (χ1) is 12.2. The average molecular weight is 347 g/mol. The van der Waals surface area contributed by atoms with Crippen LogP contribution in [0.15, 0.2) is 0 Å². The molecule has 2 aliphatic heterocycles. The number of rotatable bonds is 4. The SMILES string of the molecule is CCc1nc2n(n1)C[C@H](NCC(=O)N1CCO[C@@H]3CCCC[C@H]31)CC2. The third-order valence-electron chi connectivity index (χ3n) is 5.81. The Morgan fingerprint density at radius 3 is 3.08 bits per heavy atom. The first kappa shape index (κ1) is 17.0. The molecule has 0 spiro atoms. The van der Waals surface area contributed by atoms with Gasteiger partial charge in [0.05, 0.1) is 31.8 Å². The summed E-state index contributed by atoms with van der Waals surface area (Å²) in [5.41, 5.74) is 0. The van der Waals surface area contributed by atoms with Crippen LogP contribution >= 0.6 is 0 Å². The van der Waals surface area contributed by atoms with Gasteiger partial charge in [0.2, 0.25) is 5.91 Å². The van der Waals surface area contributed by atoms with Gasteiger partial charge in [-0.2, -0.15) is 5.10 Å². The third-order valence-corrected chi connectivity index (χ3v) is 5.81. The predicted octanol–water partition coefficient (Wildman–Crippen LogP) is 0.915. The van der Waals surface area contributed by atoms with Crippen LogP contribution in [0.5, 0.6) is 0 Å². The first-order valence-corrected chi connectivity index (χ1v) is 9.81.